The van der Waals surface area contributed by atoms with Crippen LogP contribution in [-0.2, 0) is 19.1 Å². The van der Waals surface area contributed by atoms with Crippen LogP contribution >= 0.6 is 0 Å². The summed E-state index contributed by atoms with van der Waals surface area (Å²) >= 11 is 0. The summed E-state index contributed by atoms with van der Waals surface area (Å²) in [6.45, 7) is 5.38. The van der Waals surface area contributed by atoms with Crippen molar-refractivity contribution in [1.29, 1.82) is 0 Å². The van der Waals surface area contributed by atoms with Gasteiger partial charge in [0, 0.05) is 6.42 Å². The molecule has 0 aliphatic carbocycles. The summed E-state index contributed by atoms with van der Waals surface area (Å²) in [6, 6.07) is -0.743. The smallest absolute Gasteiger partial charge is 0.322 e. The molecule has 0 bridgehead atoms. The number of rotatable bonds is 26. The number of unbranched alkanes of at least 4 members (excludes halogenated alkanes) is 18. The first-order valence-corrected chi connectivity index (χ1v) is 14.7. The summed E-state index contributed by atoms with van der Waals surface area (Å²) in [6.07, 6.45) is 25.5. The molecular weight excluding hydrogens is 426 g/mol. The molecule has 5 nitrogen and oxygen atoms in total. The normalized spacial score (nSPS) is 12.0. The van der Waals surface area contributed by atoms with Crippen LogP contribution in [0.25, 0.3) is 0 Å². The van der Waals surface area contributed by atoms with E-state index in [2.05, 4.69) is 13.8 Å². The third-order valence-corrected chi connectivity index (χ3v) is 6.47. The number of hydrogen-bond acceptors (Lipinski definition) is 5. The standard InChI is InChI=1S/C29H57NO4/c1-3-5-7-9-11-13-15-17-19-21-25-33-28(31)24-23-27(30)29(32)34-26-22-20-18-16-14-12-10-8-6-4-2/h27H,3-26,30H2,1-2H3/t27-/m1/s1. The fraction of sp³-hybridized carbons (Fsp3) is 0.931. The lowest BCUT2D eigenvalue weighted by molar-refractivity contribution is -0.146. The van der Waals surface area contributed by atoms with Crippen LogP contribution in [0.1, 0.15) is 155 Å². The maximum absolute atomic E-state index is 12.0. The van der Waals surface area contributed by atoms with Crippen molar-refractivity contribution in [3.05, 3.63) is 0 Å². The first-order chi connectivity index (χ1) is 16.6. The first kappa shape index (κ1) is 32.9. The third-order valence-electron chi connectivity index (χ3n) is 6.47. The molecule has 0 heterocycles. The summed E-state index contributed by atoms with van der Waals surface area (Å²) in [4.78, 5) is 23.8. The van der Waals surface area contributed by atoms with E-state index >= 15 is 0 Å². The Kier molecular flexibility index (Phi) is 25.6. The van der Waals surface area contributed by atoms with E-state index in [9.17, 15) is 9.59 Å². The summed E-state index contributed by atoms with van der Waals surface area (Å²) in [5, 5.41) is 0. The topological polar surface area (TPSA) is 78.6 Å². The summed E-state index contributed by atoms with van der Waals surface area (Å²) < 4.78 is 10.5. The van der Waals surface area contributed by atoms with Crippen LogP contribution in [0.2, 0.25) is 0 Å². The van der Waals surface area contributed by atoms with Gasteiger partial charge < -0.3 is 15.2 Å². The van der Waals surface area contributed by atoms with Crippen LogP contribution in [0.4, 0.5) is 0 Å². The minimum Gasteiger partial charge on any atom is -0.466 e. The summed E-state index contributed by atoms with van der Waals surface area (Å²) in [7, 11) is 0. The van der Waals surface area contributed by atoms with Gasteiger partial charge in [0.15, 0.2) is 0 Å². The van der Waals surface area contributed by atoms with E-state index in [1.54, 1.807) is 0 Å². The Morgan fingerprint density at radius 2 is 0.912 bits per heavy atom. The number of nitrogens with two attached hydrogens (primary N) is 1. The monoisotopic (exact) mass is 483 g/mol. The van der Waals surface area contributed by atoms with Gasteiger partial charge in [0.2, 0.25) is 0 Å². The highest BCUT2D eigenvalue weighted by atomic mass is 16.5. The highest BCUT2D eigenvalue weighted by molar-refractivity contribution is 5.77. The summed E-state index contributed by atoms with van der Waals surface area (Å²) in [5.41, 5.74) is 5.87. The predicted molar refractivity (Wildman–Crippen MR) is 143 cm³/mol. The highest BCUT2D eigenvalue weighted by Crippen LogP contribution is 2.12. The van der Waals surface area contributed by atoms with E-state index in [-0.39, 0.29) is 18.8 Å². The SMILES string of the molecule is CCCCCCCCCCCCOC(=O)CC[C@@H](N)C(=O)OCCCCCCCCCCCC. The molecule has 0 rings (SSSR count). The lowest BCUT2D eigenvalue weighted by atomic mass is 10.1. The Bertz CT molecular complexity index is 455. The van der Waals surface area contributed by atoms with Crippen molar-refractivity contribution >= 4 is 11.9 Å². The second-order valence-corrected chi connectivity index (χ2v) is 9.90. The van der Waals surface area contributed by atoms with E-state index in [4.69, 9.17) is 15.2 Å². The van der Waals surface area contributed by atoms with Crippen molar-refractivity contribution < 1.29 is 19.1 Å². The number of carbonyl (C=O) groups excluding carboxylic acids is 2. The van der Waals surface area contributed by atoms with Crippen molar-refractivity contribution in [2.75, 3.05) is 13.2 Å². The lowest BCUT2D eigenvalue weighted by Crippen LogP contribution is -2.33. The van der Waals surface area contributed by atoms with Crippen molar-refractivity contribution in [3.8, 4) is 0 Å². The Balaban J connectivity index is 3.44. The van der Waals surface area contributed by atoms with Gasteiger partial charge in [-0.1, -0.05) is 129 Å². The van der Waals surface area contributed by atoms with Crippen molar-refractivity contribution in [1.82, 2.24) is 0 Å². The maximum atomic E-state index is 12.0. The van der Waals surface area contributed by atoms with Gasteiger partial charge >= 0.3 is 11.9 Å². The number of ether oxygens (including phenoxy) is 2. The van der Waals surface area contributed by atoms with Crippen LogP contribution in [0.15, 0.2) is 0 Å². The fourth-order valence-corrected chi connectivity index (χ4v) is 4.11. The van der Waals surface area contributed by atoms with Gasteiger partial charge in [-0.25, -0.2) is 0 Å². The van der Waals surface area contributed by atoms with Crippen molar-refractivity contribution in [2.24, 2.45) is 5.73 Å². The molecular formula is C29H57NO4. The molecule has 0 saturated heterocycles. The first-order valence-electron chi connectivity index (χ1n) is 14.7. The molecule has 1 atom stereocenters. The molecule has 0 radical (unpaired) electrons. The fourth-order valence-electron chi connectivity index (χ4n) is 4.11. The lowest BCUT2D eigenvalue weighted by Gasteiger charge is -2.11. The molecule has 0 aromatic carbocycles. The molecule has 0 aromatic heterocycles. The van der Waals surface area contributed by atoms with Crippen molar-refractivity contribution in [3.63, 3.8) is 0 Å². The van der Waals surface area contributed by atoms with Gasteiger partial charge in [-0.05, 0) is 19.3 Å². The Labute approximate surface area is 211 Å². The molecule has 0 aliphatic rings. The van der Waals surface area contributed by atoms with Crippen LogP contribution < -0.4 is 5.73 Å². The van der Waals surface area contributed by atoms with Gasteiger partial charge in [0.25, 0.3) is 0 Å². The molecule has 2 N–H and O–H groups in total. The van der Waals surface area contributed by atoms with Crippen molar-refractivity contribution in [2.45, 2.75) is 161 Å². The zero-order valence-corrected chi connectivity index (χ0v) is 22.8. The minimum atomic E-state index is -0.743. The average molecular weight is 484 g/mol. The Morgan fingerprint density at radius 3 is 1.32 bits per heavy atom. The van der Waals surface area contributed by atoms with E-state index < -0.39 is 12.0 Å². The molecule has 34 heavy (non-hydrogen) atoms. The predicted octanol–water partition coefficient (Wildman–Crippen LogP) is 8.02. The molecule has 0 aliphatic heterocycles. The van der Waals surface area contributed by atoms with Crippen LogP contribution in [0.3, 0.4) is 0 Å². The van der Waals surface area contributed by atoms with E-state index in [1.807, 2.05) is 0 Å². The molecule has 0 spiro atoms. The van der Waals surface area contributed by atoms with E-state index in [0.29, 0.717) is 13.2 Å². The third kappa shape index (κ3) is 24.0. The zero-order valence-electron chi connectivity index (χ0n) is 22.8. The van der Waals surface area contributed by atoms with Gasteiger partial charge in [-0.3, -0.25) is 9.59 Å². The van der Waals surface area contributed by atoms with Crippen LogP contribution in [0.5, 0.6) is 0 Å². The summed E-state index contributed by atoms with van der Waals surface area (Å²) in [5.74, 6) is -0.674. The Morgan fingerprint density at radius 1 is 0.559 bits per heavy atom. The van der Waals surface area contributed by atoms with E-state index in [1.165, 1.54) is 103 Å². The quantitative estimate of drug-likeness (QED) is 0.0995. The molecule has 0 fully saturated rings. The van der Waals surface area contributed by atoms with Gasteiger partial charge in [-0.2, -0.15) is 0 Å². The van der Waals surface area contributed by atoms with Crippen LogP contribution in [0, 0.1) is 0 Å². The molecule has 5 heteroatoms. The second kappa shape index (κ2) is 26.5. The molecule has 0 saturated carbocycles. The number of hydrogen-bond donors (Lipinski definition) is 1. The second-order valence-electron chi connectivity index (χ2n) is 9.90. The van der Waals surface area contributed by atoms with E-state index in [0.717, 1.165) is 25.7 Å². The molecule has 0 unspecified atom stereocenters. The minimum absolute atomic E-state index is 0.173. The zero-order chi connectivity index (χ0) is 25.1. The molecule has 0 aromatic rings. The number of esters is 2. The Hall–Kier alpha value is -1.10. The van der Waals surface area contributed by atoms with Gasteiger partial charge in [0.05, 0.1) is 13.2 Å². The number of carbonyl (C=O) groups is 2. The highest BCUT2D eigenvalue weighted by Gasteiger charge is 2.17. The van der Waals surface area contributed by atoms with Gasteiger partial charge in [0.1, 0.15) is 6.04 Å². The molecule has 0 amide bonds. The maximum Gasteiger partial charge on any atom is 0.322 e. The van der Waals surface area contributed by atoms with Gasteiger partial charge in [-0.15, -0.1) is 0 Å². The largest absolute Gasteiger partial charge is 0.466 e. The van der Waals surface area contributed by atoms with Crippen LogP contribution in [-0.4, -0.2) is 31.2 Å². The average Bonchev–Trinajstić information content (AvgIpc) is 2.84. The molecule has 202 valence electrons.